The maximum atomic E-state index is 5.80. The highest BCUT2D eigenvalue weighted by atomic mass is 16.7. The third-order valence-corrected chi connectivity index (χ3v) is 2.25. The van der Waals surface area contributed by atoms with Crippen molar-refractivity contribution in [2.45, 2.75) is 37.8 Å². The zero-order valence-corrected chi connectivity index (χ0v) is 7.98. The van der Waals surface area contributed by atoms with Crippen LogP contribution in [0.3, 0.4) is 0 Å². The molecular formula is C8H19N3O2. The molecule has 0 bridgehead atoms. The van der Waals surface area contributed by atoms with Gasteiger partial charge in [0.1, 0.15) is 0 Å². The summed E-state index contributed by atoms with van der Waals surface area (Å²) in [6.07, 6.45) is 0.386. The van der Waals surface area contributed by atoms with Crippen molar-refractivity contribution < 1.29 is 9.47 Å². The Morgan fingerprint density at radius 3 is 2.69 bits per heavy atom. The second-order valence-corrected chi connectivity index (χ2v) is 3.43. The molecule has 5 nitrogen and oxygen atoms in total. The molecular weight excluding hydrogens is 170 g/mol. The Labute approximate surface area is 78.5 Å². The Hall–Kier alpha value is -0.200. The highest BCUT2D eigenvalue weighted by Gasteiger charge is 2.32. The predicted molar refractivity (Wildman–Crippen MR) is 49.9 cm³/mol. The molecule has 6 N–H and O–H groups in total. The summed E-state index contributed by atoms with van der Waals surface area (Å²) in [6.45, 7) is 2.88. The first-order valence-electron chi connectivity index (χ1n) is 4.63. The van der Waals surface area contributed by atoms with Gasteiger partial charge in [-0.2, -0.15) is 0 Å². The van der Waals surface area contributed by atoms with Crippen molar-refractivity contribution >= 4 is 0 Å². The summed E-state index contributed by atoms with van der Waals surface area (Å²) in [6, 6.07) is -0.134. The molecule has 4 atom stereocenters. The molecule has 0 aromatic heterocycles. The lowest BCUT2D eigenvalue weighted by Gasteiger charge is -2.36. The van der Waals surface area contributed by atoms with Crippen molar-refractivity contribution in [2.24, 2.45) is 17.2 Å². The summed E-state index contributed by atoms with van der Waals surface area (Å²) >= 11 is 0. The summed E-state index contributed by atoms with van der Waals surface area (Å²) in [5, 5.41) is 0. The second-order valence-electron chi connectivity index (χ2n) is 3.43. The Morgan fingerprint density at radius 2 is 2.08 bits per heavy atom. The van der Waals surface area contributed by atoms with Crippen LogP contribution in [0, 0.1) is 0 Å². The average molecular weight is 189 g/mol. The summed E-state index contributed by atoms with van der Waals surface area (Å²) < 4.78 is 10.8. The van der Waals surface area contributed by atoms with Crippen LogP contribution in [0.5, 0.6) is 0 Å². The molecule has 1 saturated heterocycles. The smallest absolute Gasteiger partial charge is 0.173 e. The van der Waals surface area contributed by atoms with Crippen molar-refractivity contribution in [1.82, 2.24) is 0 Å². The summed E-state index contributed by atoms with van der Waals surface area (Å²) in [5.41, 5.74) is 16.9. The summed E-state index contributed by atoms with van der Waals surface area (Å²) in [4.78, 5) is 0. The van der Waals surface area contributed by atoms with Gasteiger partial charge < -0.3 is 26.7 Å². The SMILES string of the molecule is C[C@@H]1O[C@H](OCCN)[C@@H](N)C[C@@H]1N. The molecule has 0 aromatic carbocycles. The molecule has 0 aliphatic carbocycles. The Bertz CT molecular complexity index is 156. The predicted octanol–water partition coefficient (Wildman–Crippen LogP) is -1.25. The van der Waals surface area contributed by atoms with Gasteiger partial charge in [0.25, 0.3) is 0 Å². The van der Waals surface area contributed by atoms with E-state index in [4.69, 9.17) is 26.7 Å². The minimum atomic E-state index is -0.349. The van der Waals surface area contributed by atoms with Gasteiger partial charge >= 0.3 is 0 Å². The number of hydrogen-bond donors (Lipinski definition) is 3. The Morgan fingerprint density at radius 1 is 1.38 bits per heavy atom. The minimum Gasteiger partial charge on any atom is -0.350 e. The molecule has 1 aliphatic heterocycles. The third kappa shape index (κ3) is 2.89. The third-order valence-electron chi connectivity index (χ3n) is 2.25. The average Bonchev–Trinajstić information content (AvgIpc) is 2.09. The van der Waals surface area contributed by atoms with E-state index in [-0.39, 0.29) is 24.5 Å². The normalized spacial score (nSPS) is 40.6. The maximum Gasteiger partial charge on any atom is 0.173 e. The molecule has 1 fully saturated rings. The maximum absolute atomic E-state index is 5.80. The summed E-state index contributed by atoms with van der Waals surface area (Å²) in [5.74, 6) is 0. The van der Waals surface area contributed by atoms with Crippen LogP contribution >= 0.6 is 0 Å². The Kier molecular flexibility index (Phi) is 4.08. The van der Waals surface area contributed by atoms with Crippen molar-refractivity contribution in [3.63, 3.8) is 0 Å². The highest BCUT2D eigenvalue weighted by Crippen LogP contribution is 2.17. The lowest BCUT2D eigenvalue weighted by atomic mass is 10.0. The van der Waals surface area contributed by atoms with Gasteiger partial charge in [-0.25, -0.2) is 0 Å². The van der Waals surface area contributed by atoms with E-state index in [0.717, 1.165) is 6.42 Å². The van der Waals surface area contributed by atoms with E-state index in [2.05, 4.69) is 0 Å². The van der Waals surface area contributed by atoms with E-state index in [9.17, 15) is 0 Å². The van der Waals surface area contributed by atoms with E-state index in [1.165, 1.54) is 0 Å². The van der Waals surface area contributed by atoms with Gasteiger partial charge in [0.15, 0.2) is 6.29 Å². The molecule has 0 spiro atoms. The van der Waals surface area contributed by atoms with E-state index >= 15 is 0 Å². The van der Waals surface area contributed by atoms with Crippen molar-refractivity contribution in [2.75, 3.05) is 13.2 Å². The van der Waals surface area contributed by atoms with E-state index in [1.54, 1.807) is 0 Å². The minimum absolute atomic E-state index is 0.00238. The van der Waals surface area contributed by atoms with E-state index in [0.29, 0.717) is 13.2 Å². The molecule has 0 unspecified atom stereocenters. The quantitative estimate of drug-likeness (QED) is 0.515. The van der Waals surface area contributed by atoms with Crippen molar-refractivity contribution in [3.8, 4) is 0 Å². The van der Waals surface area contributed by atoms with E-state index in [1.807, 2.05) is 6.92 Å². The van der Waals surface area contributed by atoms with Gasteiger partial charge in [0.05, 0.1) is 18.8 Å². The zero-order chi connectivity index (χ0) is 9.84. The molecule has 0 amide bonds. The van der Waals surface area contributed by atoms with E-state index < -0.39 is 0 Å². The molecule has 78 valence electrons. The number of hydrogen-bond acceptors (Lipinski definition) is 5. The first-order chi connectivity index (χ1) is 6.15. The lowest BCUT2D eigenvalue weighted by molar-refractivity contribution is -0.201. The van der Waals surface area contributed by atoms with Gasteiger partial charge in [-0.15, -0.1) is 0 Å². The fourth-order valence-corrected chi connectivity index (χ4v) is 1.38. The van der Waals surface area contributed by atoms with Gasteiger partial charge in [-0.1, -0.05) is 0 Å². The van der Waals surface area contributed by atoms with Crippen LogP contribution in [0.4, 0.5) is 0 Å². The van der Waals surface area contributed by atoms with Crippen LogP contribution in [-0.2, 0) is 9.47 Å². The second kappa shape index (κ2) is 4.88. The van der Waals surface area contributed by atoms with Crippen LogP contribution in [0.1, 0.15) is 13.3 Å². The molecule has 0 radical (unpaired) electrons. The van der Waals surface area contributed by atoms with Gasteiger partial charge in [-0.05, 0) is 13.3 Å². The van der Waals surface area contributed by atoms with Crippen molar-refractivity contribution in [1.29, 1.82) is 0 Å². The first-order valence-corrected chi connectivity index (χ1v) is 4.63. The van der Waals surface area contributed by atoms with Gasteiger partial charge in [0, 0.05) is 12.6 Å². The standard InChI is InChI=1S/C8H19N3O2/c1-5-6(10)4-7(11)8(13-5)12-3-2-9/h5-8H,2-4,9-11H2,1H3/t5-,6-,7-,8-/m0/s1. The van der Waals surface area contributed by atoms with Crippen LogP contribution < -0.4 is 17.2 Å². The molecule has 0 saturated carbocycles. The van der Waals surface area contributed by atoms with Crippen LogP contribution in [0.25, 0.3) is 0 Å². The van der Waals surface area contributed by atoms with Gasteiger partial charge in [-0.3, -0.25) is 0 Å². The molecule has 5 heteroatoms. The summed E-state index contributed by atoms with van der Waals surface area (Å²) in [7, 11) is 0. The van der Waals surface area contributed by atoms with Crippen LogP contribution in [0.15, 0.2) is 0 Å². The fraction of sp³-hybridized carbons (Fsp3) is 1.00. The fourth-order valence-electron chi connectivity index (χ4n) is 1.38. The number of ether oxygens (including phenoxy) is 2. The highest BCUT2D eigenvalue weighted by molar-refractivity contribution is 4.83. The Balaban J connectivity index is 2.37. The monoisotopic (exact) mass is 189 g/mol. The van der Waals surface area contributed by atoms with Crippen LogP contribution in [0.2, 0.25) is 0 Å². The molecule has 13 heavy (non-hydrogen) atoms. The largest absolute Gasteiger partial charge is 0.350 e. The molecule has 1 heterocycles. The number of nitrogens with two attached hydrogens (primary N) is 3. The topological polar surface area (TPSA) is 96.5 Å². The van der Waals surface area contributed by atoms with Crippen molar-refractivity contribution in [3.05, 3.63) is 0 Å². The lowest BCUT2D eigenvalue weighted by Crippen LogP contribution is -2.54. The van der Waals surface area contributed by atoms with Crippen LogP contribution in [-0.4, -0.2) is 37.6 Å². The molecule has 1 rings (SSSR count). The molecule has 1 aliphatic rings. The van der Waals surface area contributed by atoms with Gasteiger partial charge in [0.2, 0.25) is 0 Å². The number of rotatable bonds is 3. The first kappa shape index (κ1) is 10.9. The molecule has 0 aromatic rings. The zero-order valence-electron chi connectivity index (χ0n) is 7.98.